The van der Waals surface area contributed by atoms with Crippen LogP contribution in [0.5, 0.6) is 0 Å². The summed E-state index contributed by atoms with van der Waals surface area (Å²) in [7, 11) is 3.85. The summed E-state index contributed by atoms with van der Waals surface area (Å²) < 4.78 is 2.06. The Morgan fingerprint density at radius 2 is 2.53 bits per heavy atom. The van der Waals surface area contributed by atoms with Crippen molar-refractivity contribution in [2.45, 2.75) is 25.8 Å². The van der Waals surface area contributed by atoms with Crippen LogP contribution in [0.4, 0.5) is 0 Å². The fraction of sp³-hybridized carbons (Fsp3) is 0.545. The van der Waals surface area contributed by atoms with Gasteiger partial charge in [-0.3, -0.25) is 0 Å². The molecule has 0 bridgehead atoms. The fourth-order valence-electron chi connectivity index (χ4n) is 2.09. The van der Waals surface area contributed by atoms with E-state index in [1.54, 1.807) is 0 Å². The van der Waals surface area contributed by atoms with Crippen molar-refractivity contribution in [3.63, 3.8) is 0 Å². The zero-order chi connectivity index (χ0) is 10.8. The van der Waals surface area contributed by atoms with Crippen molar-refractivity contribution in [3.05, 3.63) is 11.8 Å². The van der Waals surface area contributed by atoms with E-state index < -0.39 is 0 Å². The van der Waals surface area contributed by atoms with Gasteiger partial charge in [-0.1, -0.05) is 11.1 Å². The van der Waals surface area contributed by atoms with Crippen LogP contribution in [0.3, 0.4) is 0 Å². The molecule has 15 heavy (non-hydrogen) atoms. The molecule has 2 heterocycles. The minimum absolute atomic E-state index is 0.496. The Labute approximate surface area is 90.3 Å². The lowest BCUT2D eigenvalue weighted by Crippen LogP contribution is -2.41. The van der Waals surface area contributed by atoms with Crippen LogP contribution in [-0.4, -0.2) is 48.1 Å². The summed E-state index contributed by atoms with van der Waals surface area (Å²) in [6, 6.07) is 0.496. The highest BCUT2D eigenvalue weighted by Crippen LogP contribution is 2.25. The van der Waals surface area contributed by atoms with Gasteiger partial charge in [0.15, 0.2) is 5.71 Å². The molecule has 0 N–H and O–H groups in total. The molecule has 4 nitrogen and oxygen atoms in total. The second-order valence-electron chi connectivity index (χ2n) is 3.90. The Morgan fingerprint density at radius 3 is 3.27 bits per heavy atom. The molecule has 0 aromatic rings. The summed E-state index contributed by atoms with van der Waals surface area (Å²) in [6.45, 7) is 2.05. The van der Waals surface area contributed by atoms with E-state index in [9.17, 15) is 0 Å². The Morgan fingerprint density at radius 1 is 1.73 bits per heavy atom. The zero-order valence-electron chi connectivity index (χ0n) is 9.51. The number of nitrogens with zero attached hydrogens (tertiary/aromatic N) is 4. The summed E-state index contributed by atoms with van der Waals surface area (Å²) in [4.78, 5) is 8.39. The van der Waals surface area contributed by atoms with Crippen LogP contribution in [0, 0.1) is 0 Å². The van der Waals surface area contributed by atoms with E-state index in [0.29, 0.717) is 6.04 Å². The summed E-state index contributed by atoms with van der Waals surface area (Å²) in [5.74, 6) is 0. The number of hydrazone groups is 1. The fourth-order valence-corrected chi connectivity index (χ4v) is 2.09. The summed E-state index contributed by atoms with van der Waals surface area (Å²) >= 11 is 0. The quantitative estimate of drug-likeness (QED) is 0.490. The van der Waals surface area contributed by atoms with Gasteiger partial charge in [-0.05, 0) is 6.42 Å². The molecule has 1 atom stereocenters. The number of aliphatic imine (C=N–C) groups is 2. The van der Waals surface area contributed by atoms with E-state index in [1.165, 1.54) is 5.70 Å². The minimum Gasteiger partial charge on any atom is -0.301 e. The molecule has 2 rings (SSSR count). The molecule has 80 valence electrons. The van der Waals surface area contributed by atoms with Gasteiger partial charge in [0.2, 0.25) is 0 Å². The van der Waals surface area contributed by atoms with Crippen molar-refractivity contribution >= 4 is 18.3 Å². The van der Waals surface area contributed by atoms with E-state index in [4.69, 9.17) is 0 Å². The van der Waals surface area contributed by atoms with E-state index >= 15 is 0 Å². The maximum atomic E-state index is 4.34. The molecule has 0 aromatic carbocycles. The highest BCUT2D eigenvalue weighted by Gasteiger charge is 2.34. The van der Waals surface area contributed by atoms with Crippen molar-refractivity contribution in [1.82, 2.24) is 5.01 Å². The van der Waals surface area contributed by atoms with Crippen LogP contribution < -0.4 is 0 Å². The number of hydrogen-bond donors (Lipinski definition) is 0. The standard InChI is InChI=1S/C11H17N4/c1-9-11-5-4-10(6-7-12-2)15(11)14(3)8-13-9/h5,7-8,10H,4,6H2,1-3H3/q+1. The predicted molar refractivity (Wildman–Crippen MR) is 62.7 cm³/mol. The second kappa shape index (κ2) is 3.96. The maximum Gasteiger partial charge on any atom is 0.304 e. The number of fused-ring (bicyclic) bond motifs is 1. The highest BCUT2D eigenvalue weighted by atomic mass is 15.6. The monoisotopic (exact) mass is 205 g/mol. The third-order valence-corrected chi connectivity index (χ3v) is 2.87. The molecule has 0 saturated heterocycles. The predicted octanol–water partition coefficient (Wildman–Crippen LogP) is 1.10. The first-order valence-corrected chi connectivity index (χ1v) is 5.25. The summed E-state index contributed by atoms with van der Waals surface area (Å²) in [5, 5.41) is 2.30. The van der Waals surface area contributed by atoms with Gasteiger partial charge in [-0.15, -0.1) is 0 Å². The average Bonchev–Trinajstić information content (AvgIpc) is 2.65. The van der Waals surface area contributed by atoms with Crippen molar-refractivity contribution in [3.8, 4) is 0 Å². The topological polar surface area (TPSA) is 31.0 Å². The number of allylic oxidation sites excluding steroid dienone is 1. The third kappa shape index (κ3) is 1.71. The van der Waals surface area contributed by atoms with Gasteiger partial charge >= 0.3 is 6.34 Å². The van der Waals surface area contributed by atoms with E-state index in [2.05, 4.69) is 32.7 Å². The van der Waals surface area contributed by atoms with Crippen LogP contribution >= 0.6 is 0 Å². The first-order chi connectivity index (χ1) is 7.24. The smallest absolute Gasteiger partial charge is 0.301 e. The summed E-state index contributed by atoms with van der Waals surface area (Å²) in [5.41, 5.74) is 2.35. The lowest BCUT2D eigenvalue weighted by Gasteiger charge is -2.26. The van der Waals surface area contributed by atoms with Crippen molar-refractivity contribution in [1.29, 1.82) is 0 Å². The Balaban J connectivity index is 2.20. The van der Waals surface area contributed by atoms with Gasteiger partial charge < -0.3 is 4.99 Å². The molecule has 1 unspecified atom stereocenters. The van der Waals surface area contributed by atoms with Gasteiger partial charge in [0.25, 0.3) is 0 Å². The molecule has 0 aliphatic carbocycles. The minimum atomic E-state index is 0.496. The third-order valence-electron chi connectivity index (χ3n) is 2.87. The lowest BCUT2D eigenvalue weighted by atomic mass is 10.2. The lowest BCUT2D eigenvalue weighted by molar-refractivity contribution is -0.659. The van der Waals surface area contributed by atoms with Gasteiger partial charge in [0, 0.05) is 26.6 Å². The molecule has 0 amide bonds. The van der Waals surface area contributed by atoms with Crippen molar-refractivity contribution in [2.24, 2.45) is 9.98 Å². The van der Waals surface area contributed by atoms with Crippen molar-refractivity contribution < 1.29 is 4.68 Å². The second-order valence-corrected chi connectivity index (χ2v) is 3.90. The van der Waals surface area contributed by atoms with Gasteiger partial charge in [-0.25, -0.2) is 5.01 Å². The van der Waals surface area contributed by atoms with Crippen LogP contribution in [-0.2, 0) is 0 Å². The first-order valence-electron chi connectivity index (χ1n) is 5.25. The maximum absolute atomic E-state index is 4.34. The normalized spacial score (nSPS) is 25.1. The van der Waals surface area contributed by atoms with Crippen molar-refractivity contribution in [2.75, 3.05) is 14.1 Å². The summed E-state index contributed by atoms with van der Waals surface area (Å²) in [6.07, 6.45) is 8.18. The van der Waals surface area contributed by atoms with Crippen LogP contribution in [0.1, 0.15) is 19.8 Å². The molecule has 0 aromatic heterocycles. The molecular formula is C11H17N4+. The van der Waals surface area contributed by atoms with E-state index in [-0.39, 0.29) is 0 Å². The molecule has 0 saturated carbocycles. The molecule has 0 radical (unpaired) electrons. The molecule has 2 aliphatic rings. The SMILES string of the molecule is CN=CCC1CC=C2C(C)=NC=[N+](C)N21. The van der Waals surface area contributed by atoms with Gasteiger partial charge in [0.05, 0.1) is 6.04 Å². The molecule has 0 fully saturated rings. The Kier molecular flexibility index (Phi) is 2.66. The highest BCUT2D eigenvalue weighted by molar-refractivity contribution is 6.02. The number of rotatable bonds is 2. The molecule has 0 spiro atoms. The molecule has 4 heteroatoms. The van der Waals surface area contributed by atoms with Crippen LogP contribution in [0.2, 0.25) is 0 Å². The van der Waals surface area contributed by atoms with Crippen LogP contribution in [0.25, 0.3) is 0 Å². The van der Waals surface area contributed by atoms with E-state index in [1.807, 2.05) is 26.6 Å². The van der Waals surface area contributed by atoms with Crippen LogP contribution in [0.15, 0.2) is 21.8 Å². The first kappa shape index (κ1) is 10.1. The van der Waals surface area contributed by atoms with E-state index in [0.717, 1.165) is 18.6 Å². The Hall–Kier alpha value is -1.45. The van der Waals surface area contributed by atoms with Gasteiger partial charge in [-0.2, -0.15) is 4.68 Å². The number of hydrogen-bond acceptors (Lipinski definition) is 3. The van der Waals surface area contributed by atoms with Gasteiger partial charge in [0.1, 0.15) is 12.7 Å². The molecular weight excluding hydrogens is 188 g/mol. The molecule has 2 aliphatic heterocycles. The zero-order valence-corrected chi connectivity index (χ0v) is 9.51. The Bertz CT molecular complexity index is 376. The average molecular weight is 205 g/mol. The largest absolute Gasteiger partial charge is 0.304 e. The number of hydrazine groups is 1.